The predicted molar refractivity (Wildman–Crippen MR) is 101 cm³/mol. The van der Waals surface area contributed by atoms with Gasteiger partial charge < -0.3 is 10.1 Å². The smallest absolute Gasteiger partial charge is 0.226 e. The second-order valence-electron chi connectivity index (χ2n) is 6.11. The lowest BCUT2D eigenvalue weighted by molar-refractivity contribution is -0.116. The van der Waals surface area contributed by atoms with E-state index in [1.807, 2.05) is 49.5 Å². The topological polar surface area (TPSA) is 56.1 Å². The number of amides is 1. The standard InChI is InChI=1S/C20H18ClN3O2/c1-2-26-18-6-4-3-5-15(18)16-11-19(25)23-20-17(16)12-22-24(20)14-9-7-13(21)8-10-14/h3-10,12,16H,2,11H2,1H3,(H,23,25)/t16-/m0/s1. The van der Waals surface area contributed by atoms with Crippen molar-refractivity contribution in [1.82, 2.24) is 9.78 Å². The first kappa shape index (κ1) is 16.7. The van der Waals surface area contributed by atoms with Crippen LogP contribution in [0.1, 0.15) is 30.4 Å². The van der Waals surface area contributed by atoms with E-state index in [4.69, 9.17) is 16.3 Å². The minimum Gasteiger partial charge on any atom is -0.494 e. The maximum Gasteiger partial charge on any atom is 0.226 e. The number of carbonyl (C=O) groups is 1. The molecule has 1 atom stereocenters. The van der Waals surface area contributed by atoms with E-state index in [1.165, 1.54) is 0 Å². The molecule has 0 aliphatic carbocycles. The molecule has 26 heavy (non-hydrogen) atoms. The fraction of sp³-hybridized carbons (Fsp3) is 0.200. The van der Waals surface area contributed by atoms with Gasteiger partial charge in [0.15, 0.2) is 0 Å². The van der Waals surface area contributed by atoms with Gasteiger partial charge in [-0.3, -0.25) is 4.79 Å². The molecule has 0 fully saturated rings. The highest BCUT2D eigenvalue weighted by molar-refractivity contribution is 6.30. The molecule has 1 aliphatic heterocycles. The number of nitrogens with one attached hydrogen (secondary N) is 1. The van der Waals surface area contributed by atoms with Crippen molar-refractivity contribution in [2.75, 3.05) is 11.9 Å². The zero-order valence-corrected chi connectivity index (χ0v) is 15.0. The Balaban J connectivity index is 1.80. The molecule has 0 bridgehead atoms. The van der Waals surface area contributed by atoms with E-state index < -0.39 is 0 Å². The van der Waals surface area contributed by atoms with Crippen molar-refractivity contribution >= 4 is 23.3 Å². The molecule has 3 aromatic rings. The monoisotopic (exact) mass is 367 g/mol. The van der Waals surface area contributed by atoms with Crippen LogP contribution in [0.25, 0.3) is 5.69 Å². The molecule has 0 unspecified atom stereocenters. The van der Waals surface area contributed by atoms with Crippen LogP contribution in [0.5, 0.6) is 5.75 Å². The van der Waals surface area contributed by atoms with Crippen molar-refractivity contribution in [2.24, 2.45) is 0 Å². The number of benzene rings is 2. The number of halogens is 1. The van der Waals surface area contributed by atoms with Gasteiger partial charge in [-0.2, -0.15) is 5.10 Å². The molecule has 1 aromatic heterocycles. The average Bonchev–Trinajstić information content (AvgIpc) is 3.06. The summed E-state index contributed by atoms with van der Waals surface area (Å²) >= 11 is 5.98. The summed E-state index contributed by atoms with van der Waals surface area (Å²) < 4.78 is 7.51. The Labute approximate surface area is 156 Å². The molecule has 5 nitrogen and oxygen atoms in total. The lowest BCUT2D eigenvalue weighted by Crippen LogP contribution is -2.24. The summed E-state index contributed by atoms with van der Waals surface area (Å²) in [6.45, 7) is 2.53. The van der Waals surface area contributed by atoms with E-state index in [0.717, 1.165) is 22.6 Å². The molecular weight excluding hydrogens is 350 g/mol. The maximum atomic E-state index is 12.4. The number of rotatable bonds is 4. The van der Waals surface area contributed by atoms with Gasteiger partial charge in [0.25, 0.3) is 0 Å². The van der Waals surface area contributed by atoms with Gasteiger partial charge in [-0.1, -0.05) is 29.8 Å². The lowest BCUT2D eigenvalue weighted by atomic mass is 9.87. The highest BCUT2D eigenvalue weighted by Crippen LogP contribution is 2.41. The number of anilines is 1. The number of hydrogen-bond acceptors (Lipinski definition) is 3. The van der Waals surface area contributed by atoms with Gasteiger partial charge in [0.1, 0.15) is 11.6 Å². The fourth-order valence-electron chi connectivity index (χ4n) is 3.33. The summed E-state index contributed by atoms with van der Waals surface area (Å²) in [4.78, 5) is 12.4. The molecule has 0 saturated carbocycles. The summed E-state index contributed by atoms with van der Waals surface area (Å²) in [5.41, 5.74) is 2.82. The zero-order chi connectivity index (χ0) is 18.1. The number of para-hydroxylation sites is 1. The number of fused-ring (bicyclic) bond motifs is 1. The van der Waals surface area contributed by atoms with Crippen molar-refractivity contribution in [3.8, 4) is 11.4 Å². The van der Waals surface area contributed by atoms with Gasteiger partial charge in [-0.05, 0) is 37.3 Å². The lowest BCUT2D eigenvalue weighted by Gasteiger charge is -2.25. The van der Waals surface area contributed by atoms with Gasteiger partial charge in [0.05, 0.1) is 18.5 Å². The van der Waals surface area contributed by atoms with Gasteiger partial charge in [-0.25, -0.2) is 4.68 Å². The minimum atomic E-state index is -0.0949. The Morgan fingerprint density at radius 3 is 2.73 bits per heavy atom. The third-order valence-corrected chi connectivity index (χ3v) is 4.74. The van der Waals surface area contributed by atoms with E-state index in [9.17, 15) is 4.79 Å². The minimum absolute atomic E-state index is 0.0375. The van der Waals surface area contributed by atoms with E-state index in [-0.39, 0.29) is 11.8 Å². The van der Waals surface area contributed by atoms with Crippen LogP contribution in [0.4, 0.5) is 5.82 Å². The van der Waals surface area contributed by atoms with Crippen LogP contribution in [0, 0.1) is 0 Å². The number of aromatic nitrogens is 2. The summed E-state index contributed by atoms with van der Waals surface area (Å²) in [6.07, 6.45) is 2.18. The number of nitrogens with zero attached hydrogens (tertiary/aromatic N) is 2. The normalized spacial score (nSPS) is 16.1. The first-order valence-electron chi connectivity index (χ1n) is 8.52. The Morgan fingerprint density at radius 2 is 1.96 bits per heavy atom. The van der Waals surface area contributed by atoms with E-state index in [1.54, 1.807) is 16.8 Å². The molecule has 1 N–H and O–H groups in total. The van der Waals surface area contributed by atoms with Gasteiger partial charge in [-0.15, -0.1) is 0 Å². The van der Waals surface area contributed by atoms with E-state index >= 15 is 0 Å². The Bertz CT molecular complexity index is 950. The van der Waals surface area contributed by atoms with Gasteiger partial charge in [0, 0.05) is 28.5 Å². The summed E-state index contributed by atoms with van der Waals surface area (Å²) in [6, 6.07) is 15.2. The Kier molecular flexibility index (Phi) is 4.39. The molecule has 1 aliphatic rings. The van der Waals surface area contributed by atoms with Crippen LogP contribution in [0.15, 0.2) is 54.7 Å². The molecule has 6 heteroatoms. The molecule has 1 amide bonds. The molecule has 2 heterocycles. The molecule has 0 spiro atoms. The molecule has 2 aromatic carbocycles. The Hall–Kier alpha value is -2.79. The third-order valence-electron chi connectivity index (χ3n) is 4.49. The first-order valence-corrected chi connectivity index (χ1v) is 8.90. The molecule has 0 saturated heterocycles. The molecule has 132 valence electrons. The summed E-state index contributed by atoms with van der Waals surface area (Å²) in [7, 11) is 0. The SMILES string of the molecule is CCOc1ccccc1[C@@H]1CC(=O)Nc2c1cnn2-c1ccc(Cl)cc1. The zero-order valence-electron chi connectivity index (χ0n) is 14.3. The first-order chi connectivity index (χ1) is 12.7. The van der Waals surface area contributed by atoms with Crippen molar-refractivity contribution in [1.29, 1.82) is 0 Å². The number of hydrogen-bond donors (Lipinski definition) is 1. The molecular formula is C20H18ClN3O2. The quantitative estimate of drug-likeness (QED) is 0.743. The summed E-state index contributed by atoms with van der Waals surface area (Å²) in [5, 5.41) is 8.12. The van der Waals surface area contributed by atoms with Crippen molar-refractivity contribution in [3.63, 3.8) is 0 Å². The maximum absolute atomic E-state index is 12.4. The van der Waals surface area contributed by atoms with Crippen LogP contribution in [-0.4, -0.2) is 22.3 Å². The fourth-order valence-corrected chi connectivity index (χ4v) is 3.46. The van der Waals surface area contributed by atoms with E-state index in [0.29, 0.717) is 23.9 Å². The highest BCUT2D eigenvalue weighted by Gasteiger charge is 2.31. The van der Waals surface area contributed by atoms with Crippen LogP contribution in [0.2, 0.25) is 5.02 Å². The number of ether oxygens (including phenoxy) is 1. The van der Waals surface area contributed by atoms with E-state index in [2.05, 4.69) is 10.4 Å². The van der Waals surface area contributed by atoms with Gasteiger partial charge in [0.2, 0.25) is 5.91 Å². The van der Waals surface area contributed by atoms with Crippen molar-refractivity contribution < 1.29 is 9.53 Å². The van der Waals surface area contributed by atoms with Crippen LogP contribution in [0.3, 0.4) is 0 Å². The third kappa shape index (κ3) is 2.95. The van der Waals surface area contributed by atoms with Crippen molar-refractivity contribution in [2.45, 2.75) is 19.3 Å². The average molecular weight is 368 g/mol. The van der Waals surface area contributed by atoms with Crippen LogP contribution < -0.4 is 10.1 Å². The largest absolute Gasteiger partial charge is 0.494 e. The molecule has 4 rings (SSSR count). The second kappa shape index (κ2) is 6.84. The Morgan fingerprint density at radius 1 is 1.19 bits per heavy atom. The van der Waals surface area contributed by atoms with Crippen LogP contribution in [-0.2, 0) is 4.79 Å². The van der Waals surface area contributed by atoms with Crippen LogP contribution >= 0.6 is 11.6 Å². The van der Waals surface area contributed by atoms with Gasteiger partial charge >= 0.3 is 0 Å². The second-order valence-corrected chi connectivity index (χ2v) is 6.55. The number of carbonyl (C=O) groups excluding carboxylic acids is 1. The summed E-state index contributed by atoms with van der Waals surface area (Å²) in [5.74, 6) is 1.37. The predicted octanol–water partition coefficient (Wildman–Crippen LogP) is 4.40. The molecule has 0 radical (unpaired) electrons. The highest BCUT2D eigenvalue weighted by atomic mass is 35.5. The van der Waals surface area contributed by atoms with Crippen molar-refractivity contribution in [3.05, 3.63) is 70.9 Å².